The largest absolute Gasteiger partial charge is 2.00 e. The Hall–Kier alpha value is -6.60. The number of fused-ring (bicyclic) bond motifs is 21. The van der Waals surface area contributed by atoms with Gasteiger partial charge in [-0.15, -0.1) is 0 Å². The fourth-order valence-corrected chi connectivity index (χ4v) is 12.0. The summed E-state index contributed by atoms with van der Waals surface area (Å²) >= 11 is 0. The molecule has 0 bridgehead atoms. The summed E-state index contributed by atoms with van der Waals surface area (Å²) < 4.78 is 10.0. The number of hydrogen-bond acceptors (Lipinski definition) is 3. The maximum atomic E-state index is 12.6. The van der Waals surface area contributed by atoms with Crippen LogP contribution in [0.25, 0.3) is 108 Å². The summed E-state index contributed by atoms with van der Waals surface area (Å²) in [5.41, 5.74) is 10.7. The summed E-state index contributed by atoms with van der Waals surface area (Å²) in [5.74, 6) is -0.325. The number of rotatable bonds is 2. The molecular formula is C68H57BrMgO3. The predicted molar refractivity (Wildman–Crippen MR) is 309 cm³/mol. The quantitative estimate of drug-likeness (QED) is 0.0749. The van der Waals surface area contributed by atoms with Crippen LogP contribution < -0.4 is 17.0 Å². The molecule has 2 aliphatic rings. The fraction of sp³-hybridized carbons (Fsp3) is 0.147. The van der Waals surface area contributed by atoms with Crippen molar-refractivity contribution in [1.29, 1.82) is 0 Å². The van der Waals surface area contributed by atoms with E-state index in [0.717, 1.165) is 29.7 Å². The van der Waals surface area contributed by atoms with E-state index in [0.29, 0.717) is 5.56 Å². The van der Waals surface area contributed by atoms with E-state index in [1.54, 1.807) is 0 Å². The van der Waals surface area contributed by atoms with Crippen molar-refractivity contribution in [2.75, 3.05) is 20.3 Å². The second-order valence-electron chi connectivity index (χ2n) is 19.7. The van der Waals surface area contributed by atoms with E-state index in [9.17, 15) is 4.79 Å². The van der Waals surface area contributed by atoms with Crippen LogP contribution in [0.1, 0.15) is 59.3 Å². The Bertz CT molecular complexity index is 4100. The monoisotopic (exact) mass is 1020 g/mol. The van der Waals surface area contributed by atoms with Gasteiger partial charge in [0.25, 0.3) is 0 Å². The van der Waals surface area contributed by atoms with Crippen molar-refractivity contribution < 1.29 is 31.2 Å². The van der Waals surface area contributed by atoms with Gasteiger partial charge in [-0.3, -0.25) is 0 Å². The molecule has 0 saturated carbocycles. The van der Waals surface area contributed by atoms with Crippen molar-refractivity contribution >= 4 is 115 Å². The molecule has 0 atom stereocenters. The standard InChI is InChI=1S/C32H24.C31H22O2.C4H8O.CH3.BrH.Mg/c1-19-16-17-24-26(18-19)20-10-4-5-11-21(20)30-28(24)22-12-6-7-13-23(22)29-25-14-8-9-15-27(25)32(2,3)31(29)30;1-19-15-16-25-27(17-19)20-9-3-4-10-21(20)29-18-28(22-11-5-7-13-24(22)30(25)29)23-12-6-8-14-26(23)31(32)33-2;1-2-4-5-3-1;;;/h4-18H,1-3H3;3-18H,1-2H3;1-4H2;1H3;1H;/q;;;-1;;+2/p-1. The zero-order chi connectivity index (χ0) is 47.7. The number of carbonyl (C=O) groups is 1. The Labute approximate surface area is 455 Å². The van der Waals surface area contributed by atoms with Crippen LogP contribution >= 0.6 is 0 Å². The third-order valence-electron chi connectivity index (χ3n) is 15.1. The van der Waals surface area contributed by atoms with Gasteiger partial charge in [-0.25, -0.2) is 4.79 Å². The number of carbonyl (C=O) groups excluding carboxylic acids is 1. The fourth-order valence-electron chi connectivity index (χ4n) is 12.0. The van der Waals surface area contributed by atoms with Crippen LogP contribution in [0, 0.1) is 21.3 Å². The second kappa shape index (κ2) is 20.7. The summed E-state index contributed by atoms with van der Waals surface area (Å²) in [5, 5.41) is 20.7. The van der Waals surface area contributed by atoms with Crippen molar-refractivity contribution in [2.24, 2.45) is 0 Å². The minimum atomic E-state index is -0.325. The molecule has 3 nitrogen and oxygen atoms in total. The van der Waals surface area contributed by atoms with Crippen molar-refractivity contribution in [3.8, 4) is 22.3 Å². The van der Waals surface area contributed by atoms with Gasteiger partial charge in [0.1, 0.15) is 0 Å². The van der Waals surface area contributed by atoms with Crippen molar-refractivity contribution in [3.05, 3.63) is 223 Å². The molecule has 356 valence electrons. The molecule has 1 aliphatic heterocycles. The van der Waals surface area contributed by atoms with E-state index in [-0.39, 0.29) is 58.8 Å². The first-order chi connectivity index (χ1) is 34.2. The SMILES string of the molecule is C1CCOC1.COC(=O)c1ccccc1-c1cc2c3ccccc3c3cc(C)ccc3c2c2ccccc12.Cc1ccc2c(c1)c1ccccc1c1c3c(c4ccccc4c21)-c1ccccc1C3(C)C.[Br-].[CH3-].[Mg+2]. The summed E-state index contributed by atoms with van der Waals surface area (Å²) in [6.45, 7) is 11.1. The zero-order valence-electron chi connectivity index (χ0n) is 42.5. The van der Waals surface area contributed by atoms with Crippen LogP contribution in [0.5, 0.6) is 0 Å². The molecule has 1 fully saturated rings. The molecular weight excluding hydrogens is 969 g/mol. The molecule has 0 aromatic heterocycles. The minimum absolute atomic E-state index is 0. The number of aryl methyl sites for hydroxylation is 2. The third-order valence-corrected chi connectivity index (χ3v) is 15.1. The number of hydrogen-bond donors (Lipinski definition) is 0. The smallest absolute Gasteiger partial charge is 1.00 e. The average Bonchev–Trinajstić information content (AvgIpc) is 4.08. The van der Waals surface area contributed by atoms with Gasteiger partial charge >= 0.3 is 29.0 Å². The Morgan fingerprint density at radius 3 is 1.47 bits per heavy atom. The summed E-state index contributed by atoms with van der Waals surface area (Å²) in [6, 6.07) is 67.7. The minimum Gasteiger partial charge on any atom is -1.00 e. The number of ether oxygens (including phenoxy) is 2. The first-order valence-electron chi connectivity index (χ1n) is 24.7. The molecule has 73 heavy (non-hydrogen) atoms. The van der Waals surface area contributed by atoms with Gasteiger partial charge < -0.3 is 33.9 Å². The van der Waals surface area contributed by atoms with E-state index in [2.05, 4.69) is 191 Å². The third kappa shape index (κ3) is 8.45. The topological polar surface area (TPSA) is 35.5 Å². The maximum absolute atomic E-state index is 12.6. The molecule has 0 N–H and O–H groups in total. The van der Waals surface area contributed by atoms with Gasteiger partial charge in [-0.05, 0) is 158 Å². The van der Waals surface area contributed by atoms with Gasteiger partial charge in [-0.2, -0.15) is 0 Å². The first kappa shape index (κ1) is 51.3. The number of esters is 1. The predicted octanol–water partition coefficient (Wildman–Crippen LogP) is 14.8. The molecule has 12 aromatic carbocycles. The maximum Gasteiger partial charge on any atom is 2.00 e. The van der Waals surface area contributed by atoms with Gasteiger partial charge in [0, 0.05) is 18.6 Å². The molecule has 1 saturated heterocycles. The number of benzene rings is 12. The first-order valence-corrected chi connectivity index (χ1v) is 24.7. The molecule has 0 radical (unpaired) electrons. The van der Waals surface area contributed by atoms with Crippen molar-refractivity contribution in [1.82, 2.24) is 0 Å². The zero-order valence-corrected chi connectivity index (χ0v) is 45.5. The Balaban J connectivity index is 0.000000158. The normalized spacial score (nSPS) is 13.1. The van der Waals surface area contributed by atoms with E-state index < -0.39 is 0 Å². The summed E-state index contributed by atoms with van der Waals surface area (Å²) in [6.07, 6.45) is 2.56. The van der Waals surface area contributed by atoms with Gasteiger partial charge in [0.05, 0.1) is 12.7 Å². The van der Waals surface area contributed by atoms with E-state index >= 15 is 0 Å². The molecule has 14 rings (SSSR count). The summed E-state index contributed by atoms with van der Waals surface area (Å²) in [4.78, 5) is 12.6. The molecule has 5 heteroatoms. The molecule has 0 unspecified atom stereocenters. The van der Waals surface area contributed by atoms with Gasteiger partial charge in [0.15, 0.2) is 0 Å². The van der Waals surface area contributed by atoms with Crippen LogP contribution in [-0.4, -0.2) is 49.3 Å². The summed E-state index contributed by atoms with van der Waals surface area (Å²) in [7, 11) is 1.43. The average molecular weight is 1030 g/mol. The Kier molecular flexibility index (Phi) is 14.6. The Morgan fingerprint density at radius 2 is 0.890 bits per heavy atom. The molecule has 12 aromatic rings. The Morgan fingerprint density at radius 1 is 0.452 bits per heavy atom. The van der Waals surface area contributed by atoms with Crippen LogP contribution in [0.4, 0.5) is 0 Å². The molecule has 1 aliphatic carbocycles. The van der Waals surface area contributed by atoms with E-state index in [4.69, 9.17) is 9.47 Å². The second-order valence-corrected chi connectivity index (χ2v) is 19.7. The van der Waals surface area contributed by atoms with Crippen molar-refractivity contribution in [2.45, 2.75) is 46.0 Å². The number of methoxy groups -OCH3 is 1. The van der Waals surface area contributed by atoms with Crippen LogP contribution in [0.3, 0.4) is 0 Å². The van der Waals surface area contributed by atoms with E-state index in [1.165, 1.54) is 134 Å². The van der Waals surface area contributed by atoms with Crippen LogP contribution in [0.2, 0.25) is 0 Å². The van der Waals surface area contributed by atoms with Gasteiger partial charge in [0.2, 0.25) is 0 Å². The van der Waals surface area contributed by atoms with E-state index in [1.807, 2.05) is 24.3 Å². The van der Waals surface area contributed by atoms with Crippen LogP contribution in [-0.2, 0) is 14.9 Å². The molecule has 0 amide bonds. The van der Waals surface area contributed by atoms with Crippen molar-refractivity contribution in [3.63, 3.8) is 0 Å². The number of halogens is 1. The molecule has 1 heterocycles. The van der Waals surface area contributed by atoms with Crippen LogP contribution in [0.15, 0.2) is 188 Å². The van der Waals surface area contributed by atoms with Gasteiger partial charge in [-0.1, -0.05) is 201 Å². The molecule has 0 spiro atoms.